The molecule has 27 heavy (non-hydrogen) atoms. The van der Waals surface area contributed by atoms with E-state index in [1.165, 1.54) is 22.1 Å². The Morgan fingerprint density at radius 1 is 1.30 bits per heavy atom. The van der Waals surface area contributed by atoms with Crippen molar-refractivity contribution in [3.8, 4) is 0 Å². The fourth-order valence-corrected chi connectivity index (χ4v) is 4.97. The topological polar surface area (TPSA) is 108 Å². The molecule has 0 aliphatic carbocycles. The van der Waals surface area contributed by atoms with Gasteiger partial charge in [-0.15, -0.1) is 5.10 Å². The first-order valence-corrected chi connectivity index (χ1v) is 11.0. The van der Waals surface area contributed by atoms with Gasteiger partial charge in [0.1, 0.15) is 5.82 Å². The predicted molar refractivity (Wildman–Crippen MR) is 106 cm³/mol. The number of carbonyl (C=O) groups excluding carboxylic acids is 1. The van der Waals surface area contributed by atoms with Gasteiger partial charge >= 0.3 is 0 Å². The van der Waals surface area contributed by atoms with Crippen molar-refractivity contribution in [1.29, 1.82) is 0 Å². The second kappa shape index (κ2) is 8.85. The third-order valence-corrected chi connectivity index (χ3v) is 7.16. The summed E-state index contributed by atoms with van der Waals surface area (Å²) in [4.78, 5) is 16.8. The van der Waals surface area contributed by atoms with Crippen LogP contribution in [0.15, 0.2) is 28.3 Å². The van der Waals surface area contributed by atoms with E-state index in [2.05, 4.69) is 20.5 Å². The highest BCUT2D eigenvalue weighted by Gasteiger charge is 2.24. The Balaban J connectivity index is 2.18. The second-order valence-corrected chi connectivity index (χ2v) is 9.24. The van der Waals surface area contributed by atoms with Crippen LogP contribution in [0.5, 0.6) is 0 Å². The summed E-state index contributed by atoms with van der Waals surface area (Å²) >= 11 is 1.22. The molecule has 2 aromatic rings. The van der Waals surface area contributed by atoms with Crippen LogP contribution in [0.1, 0.15) is 32.2 Å². The van der Waals surface area contributed by atoms with Crippen LogP contribution in [0.4, 0.5) is 5.69 Å². The Morgan fingerprint density at radius 3 is 2.52 bits per heavy atom. The summed E-state index contributed by atoms with van der Waals surface area (Å²) in [5, 5.41) is 9.56. The van der Waals surface area contributed by atoms with Crippen molar-refractivity contribution in [2.75, 3.05) is 18.4 Å². The zero-order valence-electron chi connectivity index (χ0n) is 16.1. The predicted octanol–water partition coefficient (Wildman–Crippen LogP) is 2.57. The molecule has 1 heterocycles. The summed E-state index contributed by atoms with van der Waals surface area (Å²) in [5.74, 6) is 0.424. The van der Waals surface area contributed by atoms with Crippen molar-refractivity contribution in [3.05, 3.63) is 29.6 Å². The van der Waals surface area contributed by atoms with Gasteiger partial charge in [0.2, 0.25) is 21.1 Å². The second-order valence-electron chi connectivity index (χ2n) is 6.02. The third kappa shape index (κ3) is 5.08. The normalized spacial score (nSPS) is 13.0. The van der Waals surface area contributed by atoms with E-state index in [1.807, 2.05) is 0 Å². The van der Waals surface area contributed by atoms with Gasteiger partial charge < -0.3 is 5.32 Å². The van der Waals surface area contributed by atoms with Gasteiger partial charge in [-0.25, -0.2) is 13.4 Å². The number of hydrogen-bond donors (Lipinski definition) is 2. The molecule has 2 N–H and O–H groups in total. The Labute approximate surface area is 164 Å². The number of anilines is 1. The molecule has 0 bridgehead atoms. The highest BCUT2D eigenvalue weighted by Crippen LogP contribution is 2.25. The highest BCUT2D eigenvalue weighted by atomic mass is 32.2. The molecular weight excluding hydrogens is 386 g/mol. The molecule has 0 aliphatic rings. The van der Waals surface area contributed by atoms with Crippen LogP contribution in [0, 0.1) is 13.8 Å². The van der Waals surface area contributed by atoms with E-state index in [0.717, 1.165) is 0 Å². The Morgan fingerprint density at radius 2 is 1.96 bits per heavy atom. The summed E-state index contributed by atoms with van der Waals surface area (Å²) in [5.41, 5.74) is 1.08. The minimum absolute atomic E-state index is 0.203. The van der Waals surface area contributed by atoms with Crippen LogP contribution in [0.25, 0.3) is 0 Å². The zero-order chi connectivity index (χ0) is 20.2. The van der Waals surface area contributed by atoms with Crippen molar-refractivity contribution < 1.29 is 13.2 Å². The lowest BCUT2D eigenvalue weighted by Crippen LogP contribution is -2.31. The van der Waals surface area contributed by atoms with E-state index >= 15 is 0 Å². The molecule has 0 saturated carbocycles. The summed E-state index contributed by atoms with van der Waals surface area (Å²) in [6.45, 7) is 9.64. The molecule has 0 spiro atoms. The molecule has 10 heteroatoms. The monoisotopic (exact) mass is 411 g/mol. The third-order valence-electron chi connectivity index (χ3n) is 4.01. The van der Waals surface area contributed by atoms with Crippen molar-refractivity contribution in [3.63, 3.8) is 0 Å². The lowest BCUT2D eigenvalue weighted by atomic mass is 10.2. The van der Waals surface area contributed by atoms with Crippen LogP contribution in [0.3, 0.4) is 0 Å². The van der Waals surface area contributed by atoms with E-state index in [9.17, 15) is 13.2 Å². The lowest BCUT2D eigenvalue weighted by Gasteiger charge is -2.20. The van der Waals surface area contributed by atoms with E-state index in [0.29, 0.717) is 35.3 Å². The molecule has 1 amide bonds. The standard InChI is InChI=1S/C17H25N5O3S2/c1-6-22(7-2)27(24,25)15-10-14(9-8-11(15)3)19-16(23)12(4)26-17-18-13(5)20-21-17/h8-10,12H,6-7H2,1-5H3,(H,19,23)(H,18,20,21)/t12-/m0/s1. The molecular formula is C17H25N5O3S2. The molecule has 0 radical (unpaired) electrons. The maximum absolute atomic E-state index is 12.8. The molecule has 0 unspecified atom stereocenters. The average molecular weight is 412 g/mol. The summed E-state index contributed by atoms with van der Waals surface area (Å²) < 4.78 is 27.0. The summed E-state index contributed by atoms with van der Waals surface area (Å²) in [6.07, 6.45) is 0. The van der Waals surface area contributed by atoms with Gasteiger partial charge in [-0.05, 0) is 38.5 Å². The van der Waals surface area contributed by atoms with E-state index in [4.69, 9.17) is 0 Å². The maximum Gasteiger partial charge on any atom is 0.243 e. The molecule has 0 fully saturated rings. The number of hydrogen-bond acceptors (Lipinski definition) is 6. The van der Waals surface area contributed by atoms with Gasteiger partial charge in [0.25, 0.3) is 0 Å². The van der Waals surface area contributed by atoms with Gasteiger partial charge in [-0.2, -0.15) is 4.31 Å². The lowest BCUT2D eigenvalue weighted by molar-refractivity contribution is -0.115. The summed E-state index contributed by atoms with van der Waals surface area (Å²) in [6, 6.07) is 4.90. The van der Waals surface area contributed by atoms with Gasteiger partial charge in [-0.1, -0.05) is 31.7 Å². The Bertz CT molecular complexity index is 907. The number of H-pyrrole nitrogens is 1. The molecule has 1 aromatic heterocycles. The number of nitrogens with zero attached hydrogens (tertiary/aromatic N) is 3. The molecule has 1 atom stereocenters. The number of thioether (sulfide) groups is 1. The van der Waals surface area contributed by atoms with Crippen molar-refractivity contribution in [2.45, 2.75) is 49.9 Å². The number of carbonyl (C=O) groups is 1. The van der Waals surface area contributed by atoms with Gasteiger partial charge in [0.05, 0.1) is 10.1 Å². The molecule has 0 aliphatic heterocycles. The van der Waals surface area contributed by atoms with Crippen molar-refractivity contribution in [1.82, 2.24) is 19.5 Å². The molecule has 1 aromatic carbocycles. The zero-order valence-corrected chi connectivity index (χ0v) is 17.7. The molecule has 148 valence electrons. The molecule has 2 rings (SSSR count). The van der Waals surface area contributed by atoms with Gasteiger partial charge in [0, 0.05) is 18.8 Å². The minimum Gasteiger partial charge on any atom is -0.325 e. The van der Waals surface area contributed by atoms with E-state index in [-0.39, 0.29) is 10.8 Å². The first kappa shape index (κ1) is 21.4. The number of sulfonamides is 1. The van der Waals surface area contributed by atoms with E-state index < -0.39 is 15.3 Å². The number of benzene rings is 1. The van der Waals surface area contributed by atoms with Crippen LogP contribution in [-0.4, -0.2) is 52.2 Å². The van der Waals surface area contributed by atoms with Gasteiger partial charge in [-0.3, -0.25) is 9.89 Å². The summed E-state index contributed by atoms with van der Waals surface area (Å²) in [7, 11) is -3.60. The molecule has 0 saturated heterocycles. The first-order valence-electron chi connectivity index (χ1n) is 8.66. The first-order chi connectivity index (χ1) is 12.7. The molecule has 8 nitrogen and oxygen atoms in total. The fraction of sp³-hybridized carbons (Fsp3) is 0.471. The van der Waals surface area contributed by atoms with Crippen molar-refractivity contribution in [2.24, 2.45) is 0 Å². The largest absolute Gasteiger partial charge is 0.325 e. The number of rotatable bonds is 8. The average Bonchev–Trinajstić information content (AvgIpc) is 3.02. The number of nitrogens with one attached hydrogen (secondary N) is 2. The maximum atomic E-state index is 12.8. The van der Waals surface area contributed by atoms with Crippen LogP contribution < -0.4 is 5.32 Å². The smallest absolute Gasteiger partial charge is 0.243 e. The highest BCUT2D eigenvalue weighted by molar-refractivity contribution is 8.00. The van der Waals surface area contributed by atoms with E-state index in [1.54, 1.807) is 46.8 Å². The Hall–Kier alpha value is -1.91. The minimum atomic E-state index is -3.60. The SMILES string of the molecule is CCN(CC)S(=O)(=O)c1cc(NC(=O)[C@H](C)Sc2n[nH]c(C)n2)ccc1C. The van der Waals surface area contributed by atoms with Crippen molar-refractivity contribution >= 4 is 33.4 Å². The number of aryl methyl sites for hydroxylation is 2. The number of amides is 1. The quantitative estimate of drug-likeness (QED) is 0.647. The van der Waals surface area contributed by atoms with Gasteiger partial charge in [0.15, 0.2) is 0 Å². The Kier molecular flexibility index (Phi) is 7.01. The fourth-order valence-electron chi connectivity index (χ4n) is 2.49. The van der Waals surface area contributed by atoms with Crippen LogP contribution in [0.2, 0.25) is 0 Å². The number of aromatic amines is 1. The number of aromatic nitrogens is 3. The van der Waals surface area contributed by atoms with Crippen LogP contribution >= 0.6 is 11.8 Å². The van der Waals surface area contributed by atoms with Crippen LogP contribution in [-0.2, 0) is 14.8 Å².